The largest absolute Gasteiger partial charge is 0.491 e. The number of rotatable bonds is 7. The fourth-order valence-electron chi connectivity index (χ4n) is 4.00. The van der Waals surface area contributed by atoms with Gasteiger partial charge in [0, 0.05) is 41.0 Å². The zero-order valence-electron chi connectivity index (χ0n) is 19.8. The van der Waals surface area contributed by atoms with Crippen molar-refractivity contribution >= 4 is 34.5 Å². The van der Waals surface area contributed by atoms with Gasteiger partial charge in [-0.05, 0) is 66.9 Å². The van der Waals surface area contributed by atoms with Gasteiger partial charge >= 0.3 is 0 Å². The molecule has 4 rings (SSSR count). The minimum atomic E-state index is -0.474. The highest BCUT2D eigenvalue weighted by Crippen LogP contribution is 2.29. The summed E-state index contributed by atoms with van der Waals surface area (Å²) in [4.78, 5) is 12.7. The number of anilines is 2. The maximum atomic E-state index is 12.7. The zero-order valence-corrected chi connectivity index (χ0v) is 20.5. The number of carbonyl (C=O) groups excluding carboxylic acids is 1. The number of benzene rings is 3. The number of β-amino-alcohol motifs (C(OH)–C–C–N with tert-alkyl or cyclic N) is 1. The Morgan fingerprint density at radius 3 is 2.46 bits per heavy atom. The molecule has 1 unspecified atom stereocenters. The van der Waals surface area contributed by atoms with Crippen molar-refractivity contribution in [3.8, 4) is 5.75 Å². The van der Waals surface area contributed by atoms with E-state index in [1.165, 1.54) is 6.08 Å². The molecule has 1 aliphatic heterocycles. The number of hydrogen-bond acceptors (Lipinski definition) is 4. The highest BCUT2D eigenvalue weighted by Gasteiger charge is 2.19. The average Bonchev–Trinajstić information content (AvgIpc) is 2.83. The molecule has 1 amide bonds. The van der Waals surface area contributed by atoms with Gasteiger partial charge in [0.1, 0.15) is 5.75 Å². The van der Waals surface area contributed by atoms with Crippen LogP contribution in [0.25, 0.3) is 5.57 Å². The van der Waals surface area contributed by atoms with Crippen molar-refractivity contribution in [1.29, 1.82) is 0 Å². The first-order valence-electron chi connectivity index (χ1n) is 11.7. The van der Waals surface area contributed by atoms with Gasteiger partial charge in [0.25, 0.3) is 0 Å². The molecule has 0 saturated carbocycles. The molecule has 1 heterocycles. The molecule has 0 aliphatic carbocycles. The number of allylic oxidation sites excluding steroid dienone is 2. The van der Waals surface area contributed by atoms with Crippen LogP contribution in [0.5, 0.6) is 5.75 Å². The van der Waals surface area contributed by atoms with Gasteiger partial charge in [-0.15, -0.1) is 0 Å². The maximum Gasteiger partial charge on any atom is 0.248 e. The SMILES string of the molecule is CC(C)Oc1ccc(/C(=C\C=C\C(=O)Nc2cccc3c2CC(O)CN3)c2ccc(Cl)cc2)cc1. The van der Waals surface area contributed by atoms with Crippen LogP contribution in [0.3, 0.4) is 0 Å². The molecule has 1 aliphatic rings. The summed E-state index contributed by atoms with van der Waals surface area (Å²) in [6, 6.07) is 21.2. The van der Waals surface area contributed by atoms with E-state index in [0.29, 0.717) is 23.7 Å². The second-order valence-electron chi connectivity index (χ2n) is 8.70. The van der Waals surface area contributed by atoms with Gasteiger partial charge in [-0.2, -0.15) is 0 Å². The topological polar surface area (TPSA) is 70.6 Å². The van der Waals surface area contributed by atoms with Crippen molar-refractivity contribution in [2.45, 2.75) is 32.5 Å². The molecule has 5 nitrogen and oxygen atoms in total. The number of aliphatic hydroxyl groups excluding tert-OH is 1. The minimum Gasteiger partial charge on any atom is -0.491 e. The molecule has 0 spiro atoms. The van der Waals surface area contributed by atoms with Crippen molar-refractivity contribution in [3.05, 3.63) is 107 Å². The summed E-state index contributed by atoms with van der Waals surface area (Å²) < 4.78 is 5.76. The van der Waals surface area contributed by atoms with Crippen LogP contribution in [-0.2, 0) is 11.2 Å². The van der Waals surface area contributed by atoms with Gasteiger partial charge in [0.2, 0.25) is 5.91 Å². The molecule has 0 aromatic heterocycles. The lowest BCUT2D eigenvalue weighted by Crippen LogP contribution is -2.28. The average molecular weight is 489 g/mol. The second-order valence-corrected chi connectivity index (χ2v) is 9.13. The van der Waals surface area contributed by atoms with Crippen LogP contribution in [0.1, 0.15) is 30.5 Å². The fourth-order valence-corrected chi connectivity index (χ4v) is 4.13. The van der Waals surface area contributed by atoms with E-state index in [1.807, 2.05) is 86.7 Å². The van der Waals surface area contributed by atoms with E-state index in [2.05, 4.69) is 10.6 Å². The van der Waals surface area contributed by atoms with Crippen LogP contribution < -0.4 is 15.4 Å². The van der Waals surface area contributed by atoms with Crippen LogP contribution in [0.4, 0.5) is 11.4 Å². The molecule has 1 atom stereocenters. The van der Waals surface area contributed by atoms with Crippen LogP contribution in [0, 0.1) is 0 Å². The summed E-state index contributed by atoms with van der Waals surface area (Å²) in [5.41, 5.74) is 5.47. The molecular weight excluding hydrogens is 460 g/mol. The molecule has 6 heteroatoms. The summed E-state index contributed by atoms with van der Waals surface area (Å²) in [7, 11) is 0. The number of aliphatic hydroxyl groups is 1. The molecule has 0 bridgehead atoms. The van der Waals surface area contributed by atoms with E-state index in [9.17, 15) is 9.90 Å². The third-order valence-electron chi connectivity index (χ3n) is 5.60. The quantitative estimate of drug-likeness (QED) is 0.278. The number of fused-ring (bicyclic) bond motifs is 1. The molecule has 180 valence electrons. The van der Waals surface area contributed by atoms with Crippen molar-refractivity contribution in [2.75, 3.05) is 17.2 Å². The minimum absolute atomic E-state index is 0.0999. The first-order valence-corrected chi connectivity index (χ1v) is 12.0. The molecule has 0 radical (unpaired) electrons. The number of hydrogen-bond donors (Lipinski definition) is 3. The van der Waals surface area contributed by atoms with Crippen LogP contribution in [-0.4, -0.2) is 29.8 Å². The summed E-state index contributed by atoms with van der Waals surface area (Å²) >= 11 is 6.09. The van der Waals surface area contributed by atoms with E-state index < -0.39 is 6.10 Å². The third kappa shape index (κ3) is 6.53. The summed E-state index contributed by atoms with van der Waals surface area (Å²) in [6.45, 7) is 4.49. The molecule has 0 fully saturated rings. The van der Waals surface area contributed by atoms with E-state index in [0.717, 1.165) is 33.7 Å². The van der Waals surface area contributed by atoms with E-state index >= 15 is 0 Å². The molecule has 0 saturated heterocycles. The highest BCUT2D eigenvalue weighted by atomic mass is 35.5. The summed E-state index contributed by atoms with van der Waals surface area (Å²) in [6.07, 6.45) is 5.27. The lowest BCUT2D eigenvalue weighted by atomic mass is 9.97. The van der Waals surface area contributed by atoms with Crippen molar-refractivity contribution in [2.24, 2.45) is 0 Å². The van der Waals surface area contributed by atoms with E-state index in [-0.39, 0.29) is 12.0 Å². The molecule has 3 aromatic rings. The Balaban J connectivity index is 1.55. The van der Waals surface area contributed by atoms with Crippen LogP contribution in [0.15, 0.2) is 85.0 Å². The van der Waals surface area contributed by atoms with Gasteiger partial charge in [0.15, 0.2) is 0 Å². The van der Waals surface area contributed by atoms with Gasteiger partial charge in [-0.3, -0.25) is 4.79 Å². The van der Waals surface area contributed by atoms with Crippen LogP contribution in [0.2, 0.25) is 5.02 Å². The lowest BCUT2D eigenvalue weighted by Gasteiger charge is -2.24. The Morgan fingerprint density at radius 2 is 1.77 bits per heavy atom. The van der Waals surface area contributed by atoms with Gasteiger partial charge in [-0.25, -0.2) is 0 Å². The van der Waals surface area contributed by atoms with E-state index in [4.69, 9.17) is 16.3 Å². The van der Waals surface area contributed by atoms with Crippen molar-refractivity contribution < 1.29 is 14.6 Å². The molecule has 3 N–H and O–H groups in total. The summed E-state index contributed by atoms with van der Waals surface area (Å²) in [5, 5.41) is 16.8. The molecular formula is C29H29ClN2O3. The number of nitrogens with one attached hydrogen (secondary N) is 2. The van der Waals surface area contributed by atoms with Crippen molar-refractivity contribution in [1.82, 2.24) is 0 Å². The number of carbonyl (C=O) groups is 1. The first kappa shape index (κ1) is 24.6. The fraction of sp³-hybridized carbons (Fsp3) is 0.207. The van der Waals surface area contributed by atoms with Crippen LogP contribution >= 0.6 is 11.6 Å². The van der Waals surface area contributed by atoms with Gasteiger partial charge in [-0.1, -0.05) is 54.1 Å². The van der Waals surface area contributed by atoms with E-state index in [1.54, 1.807) is 6.08 Å². The second kappa shape index (κ2) is 11.3. The Bertz CT molecular complexity index is 1230. The molecule has 35 heavy (non-hydrogen) atoms. The Hall–Kier alpha value is -3.54. The highest BCUT2D eigenvalue weighted by molar-refractivity contribution is 6.30. The summed E-state index contributed by atoms with van der Waals surface area (Å²) in [5.74, 6) is 0.561. The number of halogens is 1. The van der Waals surface area contributed by atoms with Crippen molar-refractivity contribution in [3.63, 3.8) is 0 Å². The lowest BCUT2D eigenvalue weighted by molar-refractivity contribution is -0.111. The Labute approximate surface area is 211 Å². The number of ether oxygens (including phenoxy) is 1. The zero-order chi connectivity index (χ0) is 24.8. The maximum absolute atomic E-state index is 12.7. The monoisotopic (exact) mass is 488 g/mol. The third-order valence-corrected chi connectivity index (χ3v) is 5.86. The first-order chi connectivity index (χ1) is 16.9. The van der Waals surface area contributed by atoms with Gasteiger partial charge in [0.05, 0.1) is 12.2 Å². The smallest absolute Gasteiger partial charge is 0.248 e. The normalized spacial score (nSPS) is 15.6. The van der Waals surface area contributed by atoms with Gasteiger partial charge < -0.3 is 20.5 Å². The Morgan fingerprint density at radius 1 is 1.09 bits per heavy atom. The Kier molecular flexibility index (Phi) is 7.91. The standard InChI is InChI=1S/C29H29ClN2O3/c1-19(2)35-24-15-11-21(12-16-24)25(20-9-13-22(30)14-10-20)5-3-8-29(34)32-28-7-4-6-27-26(28)17-23(33)18-31-27/h3-16,19,23,31,33H,17-18H2,1-2H3,(H,32,34)/b8-3+,25-5-. The molecule has 3 aromatic carbocycles. The number of amides is 1. The predicted molar refractivity (Wildman–Crippen MR) is 143 cm³/mol. The predicted octanol–water partition coefficient (Wildman–Crippen LogP) is 6.08.